The summed E-state index contributed by atoms with van der Waals surface area (Å²) in [5.74, 6) is 3.19. The molecule has 0 unspecified atom stereocenters. The molecule has 0 amide bonds. The number of hydroxylamine groups is 1. The first-order valence-corrected chi connectivity index (χ1v) is 7.65. The van der Waals surface area contributed by atoms with Crippen molar-refractivity contribution in [2.24, 2.45) is 23.7 Å². The van der Waals surface area contributed by atoms with Gasteiger partial charge in [0.15, 0.2) is 12.3 Å². The van der Waals surface area contributed by atoms with E-state index < -0.39 is 0 Å². The lowest BCUT2D eigenvalue weighted by molar-refractivity contribution is -0.529. The van der Waals surface area contributed by atoms with Crippen LogP contribution in [0.15, 0.2) is 30.3 Å². The molecule has 2 nitrogen and oxygen atoms in total. The highest BCUT2D eigenvalue weighted by atomic mass is 16.5. The van der Waals surface area contributed by atoms with Gasteiger partial charge in [-0.25, -0.2) is 4.74 Å². The Labute approximate surface area is 114 Å². The van der Waals surface area contributed by atoms with Gasteiger partial charge in [-0.05, 0) is 56.1 Å². The Morgan fingerprint density at radius 2 is 1.47 bits per heavy atom. The summed E-state index contributed by atoms with van der Waals surface area (Å²) < 4.78 is 1.29. The minimum Gasteiger partial charge on any atom is -0.624 e. The number of benzene rings is 1. The van der Waals surface area contributed by atoms with Gasteiger partial charge in [0.25, 0.3) is 0 Å². The second kappa shape index (κ2) is 4.36. The van der Waals surface area contributed by atoms with E-state index in [9.17, 15) is 5.21 Å². The number of hydrogen-bond donors (Lipinski definition) is 0. The second-order valence-electron chi connectivity index (χ2n) is 6.82. The van der Waals surface area contributed by atoms with Crippen LogP contribution in [0.1, 0.15) is 37.7 Å². The van der Waals surface area contributed by atoms with Crippen molar-refractivity contribution in [3.63, 3.8) is 0 Å². The summed E-state index contributed by atoms with van der Waals surface area (Å²) in [4.78, 5) is 0. The summed E-state index contributed by atoms with van der Waals surface area (Å²) in [6.45, 7) is 0. The molecule has 0 heterocycles. The van der Waals surface area contributed by atoms with Crippen molar-refractivity contribution in [3.8, 4) is 0 Å². The third-order valence-electron chi connectivity index (χ3n) is 5.55. The van der Waals surface area contributed by atoms with Crippen LogP contribution in [0, 0.1) is 28.9 Å². The molecule has 0 aliphatic heterocycles. The summed E-state index contributed by atoms with van der Waals surface area (Å²) in [5.41, 5.74) is 1.03. The van der Waals surface area contributed by atoms with Gasteiger partial charge < -0.3 is 5.21 Å². The average molecular weight is 255 g/mol. The molecule has 1 aromatic carbocycles. The Balaban J connectivity index is 1.60. The van der Waals surface area contributed by atoms with Crippen LogP contribution >= 0.6 is 0 Å². The first kappa shape index (κ1) is 11.5. The predicted octanol–water partition coefficient (Wildman–Crippen LogP) is 3.44. The van der Waals surface area contributed by atoms with Crippen molar-refractivity contribution in [3.05, 3.63) is 41.1 Å². The zero-order valence-electron chi connectivity index (χ0n) is 11.2. The maximum Gasteiger partial charge on any atom is 0.182 e. The van der Waals surface area contributed by atoms with E-state index in [0.29, 0.717) is 11.8 Å². The molecule has 100 valence electrons. The summed E-state index contributed by atoms with van der Waals surface area (Å²) in [7, 11) is 0. The van der Waals surface area contributed by atoms with Gasteiger partial charge in [-0.2, -0.15) is 0 Å². The van der Waals surface area contributed by atoms with Gasteiger partial charge in [-0.15, -0.1) is 0 Å². The molecular formula is C17H21NO. The van der Waals surface area contributed by atoms with Crippen molar-refractivity contribution in [1.82, 2.24) is 0 Å². The standard InChI is InChI=1S/C17H21NO/c19-18(11-12-4-2-1-3-5-12)17-15-7-13-6-14(9-15)10-16(17)8-13/h1-5,11,13-17H,6-10H2/b18-11-. The Bertz CT molecular complexity index is 465. The van der Waals surface area contributed by atoms with E-state index in [1.165, 1.54) is 36.8 Å². The molecule has 4 saturated carbocycles. The van der Waals surface area contributed by atoms with Crippen LogP contribution in [0.5, 0.6) is 0 Å². The smallest absolute Gasteiger partial charge is 0.182 e. The van der Waals surface area contributed by atoms with E-state index in [1.807, 2.05) is 36.5 Å². The molecule has 0 spiro atoms. The molecule has 2 heteroatoms. The molecule has 19 heavy (non-hydrogen) atoms. The van der Waals surface area contributed by atoms with Gasteiger partial charge in [0, 0.05) is 17.4 Å². The lowest BCUT2D eigenvalue weighted by Crippen LogP contribution is -2.52. The van der Waals surface area contributed by atoms with E-state index in [1.54, 1.807) is 0 Å². The van der Waals surface area contributed by atoms with Crippen LogP contribution in [-0.4, -0.2) is 17.0 Å². The first-order valence-electron chi connectivity index (χ1n) is 7.65. The fraction of sp³-hybridized carbons (Fsp3) is 0.588. The van der Waals surface area contributed by atoms with E-state index in [2.05, 4.69) is 0 Å². The Hall–Kier alpha value is -1.31. The van der Waals surface area contributed by atoms with Gasteiger partial charge in [0.1, 0.15) is 0 Å². The van der Waals surface area contributed by atoms with E-state index in [-0.39, 0.29) is 6.04 Å². The predicted molar refractivity (Wildman–Crippen MR) is 76.1 cm³/mol. The largest absolute Gasteiger partial charge is 0.624 e. The van der Waals surface area contributed by atoms with Gasteiger partial charge in [0.2, 0.25) is 0 Å². The maximum atomic E-state index is 12.6. The molecule has 4 bridgehead atoms. The first-order chi connectivity index (χ1) is 9.29. The van der Waals surface area contributed by atoms with Crippen molar-refractivity contribution >= 4 is 6.21 Å². The number of hydrogen-bond acceptors (Lipinski definition) is 1. The molecular weight excluding hydrogens is 234 g/mol. The van der Waals surface area contributed by atoms with Gasteiger partial charge in [-0.3, -0.25) is 0 Å². The molecule has 5 rings (SSSR count). The summed E-state index contributed by atoms with van der Waals surface area (Å²) in [6, 6.07) is 10.3. The molecule has 1 aromatic rings. The van der Waals surface area contributed by atoms with Crippen LogP contribution in [0.2, 0.25) is 0 Å². The Morgan fingerprint density at radius 1 is 0.895 bits per heavy atom. The zero-order chi connectivity index (χ0) is 12.8. The van der Waals surface area contributed by atoms with Gasteiger partial charge in [0.05, 0.1) is 0 Å². The lowest BCUT2D eigenvalue weighted by Gasteiger charge is -2.52. The molecule has 0 radical (unpaired) electrons. The summed E-state index contributed by atoms with van der Waals surface area (Å²) in [6.07, 6.45) is 8.48. The minimum atomic E-state index is 0.257. The van der Waals surface area contributed by atoms with Crippen LogP contribution in [0.3, 0.4) is 0 Å². The third-order valence-corrected chi connectivity index (χ3v) is 5.55. The summed E-state index contributed by atoms with van der Waals surface area (Å²) in [5, 5.41) is 12.6. The second-order valence-corrected chi connectivity index (χ2v) is 6.82. The fourth-order valence-corrected chi connectivity index (χ4v) is 5.08. The lowest BCUT2D eigenvalue weighted by atomic mass is 9.54. The monoisotopic (exact) mass is 255 g/mol. The topological polar surface area (TPSA) is 26.1 Å². The minimum absolute atomic E-state index is 0.257. The molecule has 0 aromatic heterocycles. The summed E-state index contributed by atoms with van der Waals surface area (Å²) >= 11 is 0. The van der Waals surface area contributed by atoms with Crippen molar-refractivity contribution in [2.75, 3.05) is 0 Å². The third kappa shape index (κ3) is 1.98. The molecule has 0 N–H and O–H groups in total. The van der Waals surface area contributed by atoms with Crippen LogP contribution in [0.4, 0.5) is 0 Å². The Kier molecular flexibility index (Phi) is 2.64. The SMILES string of the molecule is [O-]/[N+](=C\c1ccccc1)C1C2CC3CC(C2)CC1C3. The fourth-order valence-electron chi connectivity index (χ4n) is 5.08. The average Bonchev–Trinajstić information content (AvgIpc) is 2.38. The number of rotatable bonds is 2. The van der Waals surface area contributed by atoms with Crippen molar-refractivity contribution in [2.45, 2.75) is 38.1 Å². The van der Waals surface area contributed by atoms with E-state index in [4.69, 9.17) is 0 Å². The highest BCUT2D eigenvalue weighted by molar-refractivity contribution is 5.75. The van der Waals surface area contributed by atoms with Crippen LogP contribution in [-0.2, 0) is 0 Å². The number of nitrogens with zero attached hydrogens (tertiary/aromatic N) is 1. The normalized spacial score (nSPS) is 40.6. The van der Waals surface area contributed by atoms with Gasteiger partial charge in [-0.1, -0.05) is 18.2 Å². The van der Waals surface area contributed by atoms with Gasteiger partial charge >= 0.3 is 0 Å². The molecule has 0 atom stereocenters. The van der Waals surface area contributed by atoms with E-state index >= 15 is 0 Å². The quantitative estimate of drug-likeness (QED) is 0.344. The van der Waals surface area contributed by atoms with Crippen molar-refractivity contribution in [1.29, 1.82) is 0 Å². The van der Waals surface area contributed by atoms with Crippen LogP contribution < -0.4 is 0 Å². The Morgan fingerprint density at radius 3 is 2.05 bits per heavy atom. The molecule has 4 aliphatic rings. The van der Waals surface area contributed by atoms with Crippen molar-refractivity contribution < 1.29 is 4.74 Å². The highest BCUT2D eigenvalue weighted by Gasteiger charge is 2.52. The zero-order valence-corrected chi connectivity index (χ0v) is 11.2. The molecule has 0 saturated heterocycles. The molecule has 4 aliphatic carbocycles. The van der Waals surface area contributed by atoms with Crippen LogP contribution in [0.25, 0.3) is 0 Å². The highest BCUT2D eigenvalue weighted by Crippen LogP contribution is 2.54. The molecule has 4 fully saturated rings. The maximum absolute atomic E-state index is 12.6. The van der Waals surface area contributed by atoms with E-state index in [0.717, 1.165) is 17.4 Å².